The van der Waals surface area contributed by atoms with Crippen LogP contribution in [0.2, 0.25) is 0 Å². The summed E-state index contributed by atoms with van der Waals surface area (Å²) in [5.41, 5.74) is 1.79. The molecule has 0 aliphatic heterocycles. The Morgan fingerprint density at radius 1 is 1.20 bits per heavy atom. The summed E-state index contributed by atoms with van der Waals surface area (Å²) in [5, 5.41) is 22.5. The molecule has 0 aliphatic rings. The zero-order valence-corrected chi connectivity index (χ0v) is 10.4. The van der Waals surface area contributed by atoms with Gasteiger partial charge in [0, 0.05) is 24.4 Å². The minimum atomic E-state index is -0.977. The highest BCUT2D eigenvalue weighted by molar-refractivity contribution is 5.87. The smallest absolute Gasteiger partial charge is 0.335 e. The first kappa shape index (κ1) is 13.5. The molecule has 6 nitrogen and oxygen atoms in total. The van der Waals surface area contributed by atoms with Crippen LogP contribution in [0, 0.1) is 10.1 Å². The summed E-state index contributed by atoms with van der Waals surface area (Å²) in [6.07, 6.45) is 0. The Morgan fingerprint density at radius 2 is 1.90 bits per heavy atom. The lowest BCUT2D eigenvalue weighted by Gasteiger charge is -2.06. The van der Waals surface area contributed by atoms with E-state index in [1.54, 1.807) is 24.3 Å². The predicted octanol–water partition coefficient (Wildman–Crippen LogP) is 2.91. The molecule has 0 saturated carbocycles. The summed E-state index contributed by atoms with van der Waals surface area (Å²) in [4.78, 5) is 20.9. The van der Waals surface area contributed by atoms with Gasteiger partial charge in [0.05, 0.1) is 10.5 Å². The van der Waals surface area contributed by atoms with Gasteiger partial charge in [-0.15, -0.1) is 0 Å². The van der Waals surface area contributed by atoms with Crippen molar-refractivity contribution in [2.24, 2.45) is 0 Å². The fraction of sp³-hybridized carbons (Fsp3) is 0.0714. The van der Waals surface area contributed by atoms with Crippen molar-refractivity contribution in [3.63, 3.8) is 0 Å². The Labute approximate surface area is 114 Å². The summed E-state index contributed by atoms with van der Waals surface area (Å²) >= 11 is 0. The van der Waals surface area contributed by atoms with Crippen molar-refractivity contribution < 1.29 is 14.8 Å². The Morgan fingerprint density at radius 3 is 2.50 bits per heavy atom. The second kappa shape index (κ2) is 5.83. The van der Waals surface area contributed by atoms with E-state index < -0.39 is 10.9 Å². The van der Waals surface area contributed by atoms with E-state index in [4.69, 9.17) is 5.11 Å². The van der Waals surface area contributed by atoms with Crippen molar-refractivity contribution >= 4 is 17.3 Å². The first-order valence-electron chi connectivity index (χ1n) is 5.87. The highest BCUT2D eigenvalue weighted by Gasteiger charge is 2.05. The molecule has 0 saturated heterocycles. The van der Waals surface area contributed by atoms with Gasteiger partial charge in [0.2, 0.25) is 0 Å². The average molecular weight is 272 g/mol. The van der Waals surface area contributed by atoms with Gasteiger partial charge in [-0.05, 0) is 29.8 Å². The minimum absolute atomic E-state index is 0.0468. The van der Waals surface area contributed by atoms with Crippen molar-refractivity contribution in [3.05, 3.63) is 69.8 Å². The second-order valence-corrected chi connectivity index (χ2v) is 4.16. The Balaban J connectivity index is 2.03. The summed E-state index contributed by atoms with van der Waals surface area (Å²) in [6.45, 7) is 0.425. The Hall–Kier alpha value is -2.89. The molecule has 0 fully saturated rings. The van der Waals surface area contributed by atoms with Crippen molar-refractivity contribution in [2.45, 2.75) is 6.54 Å². The third kappa shape index (κ3) is 3.32. The lowest BCUT2D eigenvalue weighted by molar-refractivity contribution is -0.384. The first-order valence-corrected chi connectivity index (χ1v) is 5.87. The summed E-state index contributed by atoms with van der Waals surface area (Å²) < 4.78 is 0. The van der Waals surface area contributed by atoms with Gasteiger partial charge in [-0.1, -0.05) is 12.1 Å². The molecule has 102 valence electrons. The van der Waals surface area contributed by atoms with Gasteiger partial charge in [-0.3, -0.25) is 10.1 Å². The summed E-state index contributed by atoms with van der Waals surface area (Å²) in [7, 11) is 0. The number of hydrogen-bond donors (Lipinski definition) is 2. The van der Waals surface area contributed by atoms with Gasteiger partial charge in [-0.2, -0.15) is 0 Å². The van der Waals surface area contributed by atoms with E-state index in [-0.39, 0.29) is 11.3 Å². The zero-order chi connectivity index (χ0) is 14.5. The third-order valence-electron chi connectivity index (χ3n) is 2.75. The van der Waals surface area contributed by atoms with Crippen LogP contribution in [0.3, 0.4) is 0 Å². The van der Waals surface area contributed by atoms with Crippen molar-refractivity contribution in [3.8, 4) is 0 Å². The number of rotatable bonds is 5. The van der Waals surface area contributed by atoms with Crippen LogP contribution >= 0.6 is 0 Å². The molecule has 6 heteroatoms. The van der Waals surface area contributed by atoms with Crippen LogP contribution in [-0.2, 0) is 6.54 Å². The number of carboxylic acid groups (broad SMARTS) is 1. The molecular formula is C14H12N2O4. The first-order chi connectivity index (χ1) is 9.56. The van der Waals surface area contributed by atoms with Gasteiger partial charge in [0.25, 0.3) is 5.69 Å². The minimum Gasteiger partial charge on any atom is -0.478 e. The molecule has 0 aliphatic carbocycles. The van der Waals surface area contributed by atoms with Crippen LogP contribution < -0.4 is 5.32 Å². The molecule has 0 spiro atoms. The van der Waals surface area contributed by atoms with E-state index in [2.05, 4.69) is 5.32 Å². The number of nitro groups is 1. The zero-order valence-electron chi connectivity index (χ0n) is 10.4. The number of nitro benzene ring substituents is 1. The Kier molecular flexibility index (Phi) is 3.95. The average Bonchev–Trinajstić information content (AvgIpc) is 2.46. The van der Waals surface area contributed by atoms with Crippen LogP contribution in [0.5, 0.6) is 0 Å². The van der Waals surface area contributed by atoms with E-state index in [9.17, 15) is 14.9 Å². The number of aromatic carboxylic acids is 1. The van der Waals surface area contributed by atoms with Crippen molar-refractivity contribution in [1.29, 1.82) is 0 Å². The molecule has 0 radical (unpaired) electrons. The van der Waals surface area contributed by atoms with E-state index >= 15 is 0 Å². The molecule has 2 aromatic rings. The molecule has 2 rings (SSSR count). The van der Waals surface area contributed by atoms with Gasteiger partial charge >= 0.3 is 5.97 Å². The molecule has 0 unspecified atom stereocenters. The number of carboxylic acids is 1. The molecule has 2 N–H and O–H groups in total. The van der Waals surface area contributed by atoms with Gasteiger partial charge < -0.3 is 10.4 Å². The number of anilines is 1. The molecule has 20 heavy (non-hydrogen) atoms. The van der Waals surface area contributed by atoms with E-state index in [0.717, 1.165) is 11.3 Å². The van der Waals surface area contributed by atoms with E-state index in [0.29, 0.717) is 6.54 Å². The van der Waals surface area contributed by atoms with Gasteiger partial charge in [0.15, 0.2) is 0 Å². The largest absolute Gasteiger partial charge is 0.478 e. The van der Waals surface area contributed by atoms with Crippen LogP contribution in [0.15, 0.2) is 48.5 Å². The fourth-order valence-corrected chi connectivity index (χ4v) is 1.71. The van der Waals surface area contributed by atoms with Crippen LogP contribution in [-0.4, -0.2) is 16.0 Å². The monoisotopic (exact) mass is 272 g/mol. The lowest BCUT2D eigenvalue weighted by Crippen LogP contribution is -2.01. The van der Waals surface area contributed by atoms with Crippen molar-refractivity contribution in [2.75, 3.05) is 5.32 Å². The quantitative estimate of drug-likeness (QED) is 0.644. The SMILES string of the molecule is O=C(O)c1ccc(NCc2cccc([N+](=O)[O-])c2)cc1. The predicted molar refractivity (Wildman–Crippen MR) is 73.8 cm³/mol. The standard InChI is InChI=1S/C14H12N2O4/c17-14(18)11-4-6-12(7-5-11)15-9-10-2-1-3-13(8-10)16(19)20/h1-8,15H,9H2,(H,17,18). The van der Waals surface area contributed by atoms with Gasteiger partial charge in [-0.25, -0.2) is 4.79 Å². The van der Waals surface area contributed by atoms with Crippen LogP contribution in [0.25, 0.3) is 0 Å². The topological polar surface area (TPSA) is 92.5 Å². The molecule has 0 heterocycles. The highest BCUT2D eigenvalue weighted by Crippen LogP contribution is 2.15. The third-order valence-corrected chi connectivity index (χ3v) is 2.75. The van der Waals surface area contributed by atoms with E-state index in [1.807, 2.05) is 0 Å². The Bertz CT molecular complexity index is 638. The molecule has 0 bridgehead atoms. The normalized spacial score (nSPS) is 10.0. The molecule has 0 aromatic heterocycles. The highest BCUT2D eigenvalue weighted by atomic mass is 16.6. The summed E-state index contributed by atoms with van der Waals surface area (Å²) in [6, 6.07) is 12.6. The molecule has 0 amide bonds. The maximum Gasteiger partial charge on any atom is 0.335 e. The lowest BCUT2D eigenvalue weighted by atomic mass is 10.2. The van der Waals surface area contributed by atoms with E-state index in [1.165, 1.54) is 24.3 Å². The fourth-order valence-electron chi connectivity index (χ4n) is 1.71. The number of non-ortho nitro benzene ring substituents is 1. The maximum atomic E-state index is 10.7. The molecule has 0 atom stereocenters. The molecular weight excluding hydrogens is 260 g/mol. The van der Waals surface area contributed by atoms with Crippen molar-refractivity contribution in [1.82, 2.24) is 0 Å². The number of carbonyl (C=O) groups is 1. The van der Waals surface area contributed by atoms with Crippen LogP contribution in [0.1, 0.15) is 15.9 Å². The van der Waals surface area contributed by atoms with Gasteiger partial charge in [0.1, 0.15) is 0 Å². The molecule has 2 aromatic carbocycles. The number of nitrogens with zero attached hydrogens (tertiary/aromatic N) is 1. The number of nitrogens with one attached hydrogen (secondary N) is 1. The van der Waals surface area contributed by atoms with Crippen LogP contribution in [0.4, 0.5) is 11.4 Å². The number of hydrogen-bond acceptors (Lipinski definition) is 4. The maximum absolute atomic E-state index is 10.7. The summed E-state index contributed by atoms with van der Waals surface area (Å²) in [5.74, 6) is -0.977. The second-order valence-electron chi connectivity index (χ2n) is 4.16. The number of benzene rings is 2.